The second-order valence-corrected chi connectivity index (χ2v) is 6.84. The Hall–Kier alpha value is -2.37. The zero-order valence-corrected chi connectivity index (χ0v) is 15.1. The Kier molecular flexibility index (Phi) is 5.06. The predicted molar refractivity (Wildman–Crippen MR) is 96.5 cm³/mol. The Balaban J connectivity index is 1.64. The third-order valence-electron chi connectivity index (χ3n) is 4.58. The summed E-state index contributed by atoms with van der Waals surface area (Å²) in [4.78, 5) is 14.4. The van der Waals surface area contributed by atoms with Gasteiger partial charge >= 0.3 is 0 Å². The van der Waals surface area contributed by atoms with E-state index in [1.807, 2.05) is 36.4 Å². The number of hydrogen-bond acceptors (Lipinski definition) is 3. The van der Waals surface area contributed by atoms with Crippen molar-refractivity contribution in [1.82, 2.24) is 15.1 Å². The van der Waals surface area contributed by atoms with Gasteiger partial charge in [-0.2, -0.15) is 5.10 Å². The van der Waals surface area contributed by atoms with E-state index in [0.717, 1.165) is 37.3 Å². The summed E-state index contributed by atoms with van der Waals surface area (Å²) in [5, 5.41) is 7.32. The van der Waals surface area contributed by atoms with Gasteiger partial charge in [-0.15, -0.1) is 0 Å². The van der Waals surface area contributed by atoms with Gasteiger partial charge in [-0.1, -0.05) is 0 Å². The maximum absolute atomic E-state index is 14.4. The normalized spacial score (nSPS) is 15.4. The number of aromatic nitrogens is 2. The van der Waals surface area contributed by atoms with E-state index in [1.54, 1.807) is 12.1 Å². The monoisotopic (exact) mass is 344 g/mol. The van der Waals surface area contributed by atoms with E-state index >= 15 is 0 Å². The molecule has 1 amide bonds. The first-order valence-corrected chi connectivity index (χ1v) is 8.80. The lowest BCUT2D eigenvalue weighted by molar-refractivity contribution is 0.0935. The van der Waals surface area contributed by atoms with Gasteiger partial charge in [-0.25, -0.2) is 4.39 Å². The van der Waals surface area contributed by atoms with Gasteiger partial charge < -0.3 is 10.2 Å². The molecule has 2 aromatic rings. The molecule has 2 heterocycles. The number of halogens is 1. The Bertz CT molecular complexity index is 765. The molecule has 0 spiro atoms. The van der Waals surface area contributed by atoms with Crippen LogP contribution < -0.4 is 10.2 Å². The Morgan fingerprint density at radius 1 is 1.28 bits per heavy atom. The summed E-state index contributed by atoms with van der Waals surface area (Å²) in [5.74, 6) is -0.596. The summed E-state index contributed by atoms with van der Waals surface area (Å²) in [7, 11) is 0. The largest absolute Gasteiger partial charge is 0.369 e. The molecule has 0 unspecified atom stereocenters. The Morgan fingerprint density at radius 3 is 2.60 bits per heavy atom. The summed E-state index contributed by atoms with van der Waals surface area (Å²) >= 11 is 0. The summed E-state index contributed by atoms with van der Waals surface area (Å²) in [6, 6.07) is 6.63. The molecule has 25 heavy (non-hydrogen) atoms. The predicted octanol–water partition coefficient (Wildman–Crippen LogP) is 3.06. The zero-order valence-electron chi connectivity index (χ0n) is 15.1. The summed E-state index contributed by atoms with van der Waals surface area (Å²) in [6.07, 6.45) is 2.18. The summed E-state index contributed by atoms with van der Waals surface area (Å²) in [5.41, 5.74) is 2.95. The van der Waals surface area contributed by atoms with Gasteiger partial charge in [-0.05, 0) is 57.9 Å². The minimum atomic E-state index is -0.333. The van der Waals surface area contributed by atoms with Crippen molar-refractivity contribution in [2.75, 3.05) is 18.0 Å². The minimum absolute atomic E-state index is 0.105. The standard InChI is InChI=1S/C19H25FN4O/c1-13-10-15(3)24(22-13)12-14(2)21-19(25)16-6-7-18(17(20)11-16)23-8-4-5-9-23/h6-7,10-11,14H,4-5,8-9,12H2,1-3H3,(H,21,25)/t14-/m1/s1. The molecule has 0 aliphatic carbocycles. The molecule has 1 aliphatic rings. The van der Waals surface area contributed by atoms with Crippen LogP contribution in [-0.2, 0) is 6.54 Å². The zero-order chi connectivity index (χ0) is 18.0. The second-order valence-electron chi connectivity index (χ2n) is 6.84. The van der Waals surface area contributed by atoms with E-state index in [-0.39, 0.29) is 17.8 Å². The smallest absolute Gasteiger partial charge is 0.251 e. The second kappa shape index (κ2) is 7.25. The number of nitrogens with zero attached hydrogens (tertiary/aromatic N) is 3. The highest BCUT2D eigenvalue weighted by Crippen LogP contribution is 2.24. The molecular weight excluding hydrogens is 319 g/mol. The molecule has 0 saturated carbocycles. The van der Waals surface area contributed by atoms with Crippen LogP contribution in [0.3, 0.4) is 0 Å². The van der Waals surface area contributed by atoms with Gasteiger partial charge in [0.1, 0.15) is 5.82 Å². The van der Waals surface area contributed by atoms with E-state index in [0.29, 0.717) is 17.8 Å². The van der Waals surface area contributed by atoms with Gasteiger partial charge in [0.15, 0.2) is 0 Å². The number of nitrogens with one attached hydrogen (secondary N) is 1. The molecule has 1 aromatic heterocycles. The lowest BCUT2D eigenvalue weighted by atomic mass is 10.1. The molecule has 3 rings (SSSR count). The van der Waals surface area contributed by atoms with Gasteiger partial charge in [-0.3, -0.25) is 9.48 Å². The average molecular weight is 344 g/mol. The first kappa shape index (κ1) is 17.5. The third-order valence-corrected chi connectivity index (χ3v) is 4.58. The number of carbonyl (C=O) groups excluding carboxylic acids is 1. The summed E-state index contributed by atoms with van der Waals surface area (Å²) < 4.78 is 16.2. The topological polar surface area (TPSA) is 50.2 Å². The van der Waals surface area contributed by atoms with Crippen LogP contribution in [0.5, 0.6) is 0 Å². The SMILES string of the molecule is Cc1cc(C)n(C[C@@H](C)NC(=O)c2ccc(N3CCCC3)c(F)c2)n1. The van der Waals surface area contributed by atoms with Crippen LogP contribution in [0, 0.1) is 19.7 Å². The van der Waals surface area contributed by atoms with Crippen molar-refractivity contribution in [3.63, 3.8) is 0 Å². The molecule has 1 fully saturated rings. The van der Waals surface area contributed by atoms with Crippen molar-refractivity contribution < 1.29 is 9.18 Å². The van der Waals surface area contributed by atoms with Crippen LogP contribution in [0.1, 0.15) is 41.5 Å². The maximum atomic E-state index is 14.4. The minimum Gasteiger partial charge on any atom is -0.369 e. The number of aryl methyl sites for hydroxylation is 2. The fourth-order valence-corrected chi connectivity index (χ4v) is 3.33. The molecule has 6 heteroatoms. The molecule has 1 atom stereocenters. The first-order valence-electron chi connectivity index (χ1n) is 8.80. The number of benzene rings is 1. The van der Waals surface area contributed by atoms with E-state index < -0.39 is 0 Å². The van der Waals surface area contributed by atoms with Crippen LogP contribution in [-0.4, -0.2) is 34.8 Å². The molecule has 134 valence electrons. The highest BCUT2D eigenvalue weighted by atomic mass is 19.1. The van der Waals surface area contributed by atoms with Crippen molar-refractivity contribution in [3.05, 3.63) is 47.0 Å². The highest BCUT2D eigenvalue weighted by molar-refractivity contribution is 5.94. The number of amides is 1. The van der Waals surface area contributed by atoms with Crippen molar-refractivity contribution >= 4 is 11.6 Å². The summed E-state index contributed by atoms with van der Waals surface area (Å²) in [6.45, 7) is 8.19. The van der Waals surface area contributed by atoms with Crippen LogP contribution >= 0.6 is 0 Å². The van der Waals surface area contributed by atoms with E-state index in [2.05, 4.69) is 10.4 Å². The fraction of sp³-hybridized carbons (Fsp3) is 0.474. The first-order chi connectivity index (χ1) is 11.9. The number of carbonyl (C=O) groups is 1. The Labute approximate surface area is 147 Å². The lowest BCUT2D eigenvalue weighted by Gasteiger charge is -2.19. The van der Waals surface area contributed by atoms with Crippen LogP contribution in [0.15, 0.2) is 24.3 Å². The molecule has 5 nitrogen and oxygen atoms in total. The fourth-order valence-electron chi connectivity index (χ4n) is 3.33. The molecule has 1 aliphatic heterocycles. The van der Waals surface area contributed by atoms with Gasteiger partial charge in [0, 0.05) is 30.4 Å². The van der Waals surface area contributed by atoms with Gasteiger partial charge in [0.2, 0.25) is 0 Å². The molecule has 0 bridgehead atoms. The van der Waals surface area contributed by atoms with E-state index in [9.17, 15) is 9.18 Å². The van der Waals surface area contributed by atoms with E-state index in [1.165, 1.54) is 6.07 Å². The quantitative estimate of drug-likeness (QED) is 0.907. The molecule has 0 radical (unpaired) electrons. The number of hydrogen-bond donors (Lipinski definition) is 1. The molecule has 1 aromatic carbocycles. The van der Waals surface area contributed by atoms with Crippen LogP contribution in [0.25, 0.3) is 0 Å². The van der Waals surface area contributed by atoms with Crippen molar-refractivity contribution in [1.29, 1.82) is 0 Å². The van der Waals surface area contributed by atoms with E-state index in [4.69, 9.17) is 0 Å². The molecule has 1 saturated heterocycles. The van der Waals surface area contributed by atoms with Crippen LogP contribution in [0.4, 0.5) is 10.1 Å². The molecule has 1 N–H and O–H groups in total. The van der Waals surface area contributed by atoms with Crippen molar-refractivity contribution in [2.45, 2.75) is 46.2 Å². The lowest BCUT2D eigenvalue weighted by Crippen LogP contribution is -2.36. The maximum Gasteiger partial charge on any atom is 0.251 e. The Morgan fingerprint density at radius 2 is 2.00 bits per heavy atom. The van der Waals surface area contributed by atoms with Crippen molar-refractivity contribution in [3.8, 4) is 0 Å². The average Bonchev–Trinajstić information content (AvgIpc) is 3.17. The number of rotatable bonds is 5. The highest BCUT2D eigenvalue weighted by Gasteiger charge is 2.18. The number of anilines is 1. The van der Waals surface area contributed by atoms with Crippen molar-refractivity contribution in [2.24, 2.45) is 0 Å². The van der Waals surface area contributed by atoms with Gasteiger partial charge in [0.05, 0.1) is 17.9 Å². The third kappa shape index (κ3) is 4.00. The van der Waals surface area contributed by atoms with Crippen LogP contribution in [0.2, 0.25) is 0 Å². The van der Waals surface area contributed by atoms with Gasteiger partial charge in [0.25, 0.3) is 5.91 Å². The molecular formula is C19H25FN4O.